The molecule has 152 valence electrons. The Morgan fingerprint density at radius 2 is 1.97 bits per heavy atom. The Labute approximate surface area is 172 Å². The van der Waals surface area contributed by atoms with Gasteiger partial charge in [-0.1, -0.05) is 24.3 Å². The third kappa shape index (κ3) is 3.08. The Kier molecular flexibility index (Phi) is 4.70. The Balaban J connectivity index is 1.29. The van der Waals surface area contributed by atoms with Crippen molar-refractivity contribution in [2.75, 3.05) is 56.7 Å². The number of likely N-dealkylation sites (N-methyl/N-ethyl adjacent to an activating group) is 1. The first-order valence-electron chi connectivity index (χ1n) is 10.7. The zero-order chi connectivity index (χ0) is 20.0. The quantitative estimate of drug-likeness (QED) is 0.730. The second-order valence-electron chi connectivity index (χ2n) is 8.47. The third-order valence-corrected chi connectivity index (χ3v) is 6.94. The van der Waals surface area contributed by atoms with Gasteiger partial charge in [-0.05, 0) is 30.2 Å². The lowest BCUT2D eigenvalue weighted by atomic mass is 9.89. The lowest BCUT2D eigenvalue weighted by molar-refractivity contribution is 0.0950. The van der Waals surface area contributed by atoms with Crippen LogP contribution in [0.5, 0.6) is 5.75 Å². The van der Waals surface area contributed by atoms with E-state index in [0.29, 0.717) is 29.7 Å². The molecule has 0 N–H and O–H groups in total. The number of fused-ring (bicyclic) bond motifs is 3. The molecule has 1 saturated heterocycles. The molecule has 0 spiro atoms. The number of methoxy groups -OCH3 is 1. The summed E-state index contributed by atoms with van der Waals surface area (Å²) < 4.78 is 5.36. The first kappa shape index (κ1) is 18.5. The number of Topliss-reactive ketones (excluding diaryl/α,β-unsaturated/α-hetero) is 1. The van der Waals surface area contributed by atoms with E-state index in [2.05, 4.69) is 39.9 Å². The van der Waals surface area contributed by atoms with E-state index in [1.807, 2.05) is 24.3 Å². The van der Waals surface area contributed by atoms with Gasteiger partial charge in [-0.15, -0.1) is 0 Å². The molecule has 0 bridgehead atoms. The number of hydrogen-bond donors (Lipinski definition) is 0. The Bertz CT molecular complexity index is 928. The van der Waals surface area contributed by atoms with Gasteiger partial charge in [-0.25, -0.2) is 0 Å². The average molecular weight is 392 g/mol. The number of piperidine rings is 1. The van der Waals surface area contributed by atoms with Crippen LogP contribution in [0.3, 0.4) is 0 Å². The molecule has 5 heteroatoms. The summed E-state index contributed by atoms with van der Waals surface area (Å²) in [6.07, 6.45) is 1.71. The number of carbonyl (C=O) groups excluding carboxylic acids is 1. The number of ether oxygens (including phenoxy) is 1. The molecule has 0 saturated carbocycles. The second kappa shape index (κ2) is 7.38. The molecule has 5 rings (SSSR count). The lowest BCUT2D eigenvalue weighted by Gasteiger charge is -2.41. The van der Waals surface area contributed by atoms with Crippen LogP contribution in [-0.2, 0) is 0 Å². The van der Waals surface area contributed by atoms with Crippen molar-refractivity contribution in [3.63, 3.8) is 0 Å². The third-order valence-electron chi connectivity index (χ3n) is 6.94. The van der Waals surface area contributed by atoms with E-state index < -0.39 is 0 Å². The molecule has 0 amide bonds. The van der Waals surface area contributed by atoms with E-state index >= 15 is 0 Å². The molecule has 0 aliphatic carbocycles. The van der Waals surface area contributed by atoms with Crippen LogP contribution < -0.4 is 14.5 Å². The van der Waals surface area contributed by atoms with Gasteiger partial charge in [0.1, 0.15) is 5.75 Å². The van der Waals surface area contributed by atoms with Gasteiger partial charge in [0, 0.05) is 58.2 Å². The van der Waals surface area contributed by atoms with Crippen molar-refractivity contribution in [3.05, 3.63) is 53.6 Å². The Morgan fingerprint density at radius 1 is 1.10 bits per heavy atom. The standard InChI is InChI=1S/C24H29N3O2/c1-25-14-15-27-20-10-12-26(16-19(20)17-7-5-8-21(25)24(17)27)13-11-22(28)18-6-3-4-9-23(18)29-2/h3-9,19-20H,10-16H2,1-2H3/t19-,20-/m0/s1. The van der Waals surface area contributed by atoms with Crippen molar-refractivity contribution in [3.8, 4) is 5.75 Å². The highest BCUT2D eigenvalue weighted by Gasteiger charge is 2.44. The summed E-state index contributed by atoms with van der Waals surface area (Å²) in [5.74, 6) is 1.39. The summed E-state index contributed by atoms with van der Waals surface area (Å²) in [5.41, 5.74) is 5.03. The highest BCUT2D eigenvalue weighted by Crippen LogP contribution is 2.50. The Hall–Kier alpha value is -2.53. The number of anilines is 2. The molecule has 2 atom stereocenters. The van der Waals surface area contributed by atoms with Crippen LogP contribution in [0.25, 0.3) is 0 Å². The largest absolute Gasteiger partial charge is 0.496 e. The SMILES string of the molecule is COc1ccccc1C(=O)CCN1CC[C@H]2[C@@H](C1)c1cccc3c1N2CCN3C. The van der Waals surface area contributed by atoms with E-state index in [1.165, 1.54) is 23.4 Å². The van der Waals surface area contributed by atoms with E-state index in [4.69, 9.17) is 4.74 Å². The molecule has 2 aromatic rings. The summed E-state index contributed by atoms with van der Waals surface area (Å²) in [7, 11) is 3.82. The Morgan fingerprint density at radius 3 is 2.83 bits per heavy atom. The normalized spacial score (nSPS) is 23.0. The molecule has 2 aromatic carbocycles. The second-order valence-corrected chi connectivity index (χ2v) is 8.47. The molecule has 0 unspecified atom stereocenters. The number of hydrogen-bond acceptors (Lipinski definition) is 5. The van der Waals surface area contributed by atoms with Crippen LogP contribution in [-0.4, -0.2) is 63.6 Å². The molecule has 29 heavy (non-hydrogen) atoms. The predicted molar refractivity (Wildman–Crippen MR) is 117 cm³/mol. The number of para-hydroxylation sites is 2. The van der Waals surface area contributed by atoms with Gasteiger partial charge in [0.05, 0.1) is 24.0 Å². The minimum absolute atomic E-state index is 0.167. The van der Waals surface area contributed by atoms with Crippen molar-refractivity contribution < 1.29 is 9.53 Å². The number of likely N-dealkylation sites (tertiary alicyclic amines) is 1. The first-order valence-corrected chi connectivity index (χ1v) is 10.7. The zero-order valence-corrected chi connectivity index (χ0v) is 17.3. The van der Waals surface area contributed by atoms with Gasteiger partial charge in [-0.2, -0.15) is 0 Å². The fourth-order valence-corrected chi connectivity index (χ4v) is 5.45. The highest BCUT2D eigenvalue weighted by atomic mass is 16.5. The van der Waals surface area contributed by atoms with Crippen molar-refractivity contribution in [1.29, 1.82) is 0 Å². The summed E-state index contributed by atoms with van der Waals surface area (Å²) in [4.78, 5) is 20.3. The van der Waals surface area contributed by atoms with Gasteiger partial charge in [0.25, 0.3) is 0 Å². The fraction of sp³-hybridized carbons (Fsp3) is 0.458. The maximum atomic E-state index is 12.8. The van der Waals surface area contributed by atoms with Crippen molar-refractivity contribution in [2.24, 2.45) is 0 Å². The van der Waals surface area contributed by atoms with Gasteiger partial charge >= 0.3 is 0 Å². The van der Waals surface area contributed by atoms with E-state index in [1.54, 1.807) is 7.11 Å². The van der Waals surface area contributed by atoms with Crippen LogP contribution >= 0.6 is 0 Å². The van der Waals surface area contributed by atoms with Gasteiger partial charge in [0.2, 0.25) is 0 Å². The highest BCUT2D eigenvalue weighted by molar-refractivity contribution is 5.98. The molecule has 1 fully saturated rings. The maximum absolute atomic E-state index is 12.8. The molecular weight excluding hydrogens is 362 g/mol. The van der Waals surface area contributed by atoms with Gasteiger partial charge in [0.15, 0.2) is 5.78 Å². The number of nitrogens with zero attached hydrogens (tertiary/aromatic N) is 3. The minimum Gasteiger partial charge on any atom is -0.496 e. The number of ketones is 1. The van der Waals surface area contributed by atoms with E-state index in [0.717, 1.165) is 32.7 Å². The zero-order valence-electron chi connectivity index (χ0n) is 17.3. The number of rotatable bonds is 5. The van der Waals surface area contributed by atoms with Crippen LogP contribution in [0.4, 0.5) is 11.4 Å². The molecule has 0 aromatic heterocycles. The smallest absolute Gasteiger partial charge is 0.167 e. The van der Waals surface area contributed by atoms with Crippen LogP contribution in [0.15, 0.2) is 42.5 Å². The summed E-state index contributed by atoms with van der Waals surface area (Å²) in [5, 5.41) is 0. The number of carbonyl (C=O) groups is 1. The minimum atomic E-state index is 0.167. The molecule has 3 heterocycles. The molecule has 3 aliphatic rings. The maximum Gasteiger partial charge on any atom is 0.167 e. The fourth-order valence-electron chi connectivity index (χ4n) is 5.45. The van der Waals surface area contributed by atoms with Crippen molar-refractivity contribution in [2.45, 2.75) is 24.8 Å². The average Bonchev–Trinajstić information content (AvgIpc) is 3.09. The van der Waals surface area contributed by atoms with E-state index in [-0.39, 0.29) is 5.78 Å². The first-order chi connectivity index (χ1) is 14.2. The summed E-state index contributed by atoms with van der Waals surface area (Å²) >= 11 is 0. The molecule has 5 nitrogen and oxygen atoms in total. The van der Waals surface area contributed by atoms with Gasteiger partial charge in [-0.3, -0.25) is 4.79 Å². The van der Waals surface area contributed by atoms with Crippen LogP contribution in [0.1, 0.15) is 34.7 Å². The van der Waals surface area contributed by atoms with E-state index in [9.17, 15) is 4.79 Å². The summed E-state index contributed by atoms with van der Waals surface area (Å²) in [6, 6.07) is 14.9. The predicted octanol–water partition coefficient (Wildman–Crippen LogP) is 3.40. The molecular formula is C24H29N3O2. The monoisotopic (exact) mass is 391 g/mol. The lowest BCUT2D eigenvalue weighted by Crippen LogP contribution is -2.49. The van der Waals surface area contributed by atoms with Crippen LogP contribution in [0, 0.1) is 0 Å². The molecule has 0 radical (unpaired) electrons. The topological polar surface area (TPSA) is 36.0 Å². The molecule has 3 aliphatic heterocycles. The number of benzene rings is 2. The summed E-state index contributed by atoms with van der Waals surface area (Å²) in [6.45, 7) is 5.14. The van der Waals surface area contributed by atoms with Crippen LogP contribution in [0.2, 0.25) is 0 Å². The van der Waals surface area contributed by atoms with Crippen molar-refractivity contribution >= 4 is 17.2 Å². The van der Waals surface area contributed by atoms with Crippen molar-refractivity contribution in [1.82, 2.24) is 4.90 Å². The van der Waals surface area contributed by atoms with Gasteiger partial charge < -0.3 is 19.4 Å².